The van der Waals surface area contributed by atoms with Crippen LogP contribution in [0, 0.1) is 28.0 Å². The number of carbonyl (C=O) groups is 1. The highest BCUT2D eigenvalue weighted by Crippen LogP contribution is 2.70. The van der Waals surface area contributed by atoms with Gasteiger partial charge in [0.25, 0.3) is 5.89 Å². The lowest BCUT2D eigenvalue weighted by Gasteiger charge is -2.65. The first-order valence-corrected chi connectivity index (χ1v) is 12.3. The predicted octanol–water partition coefficient (Wildman–Crippen LogP) is 5.71. The molecule has 0 N–H and O–H groups in total. The van der Waals surface area contributed by atoms with Gasteiger partial charge in [0.05, 0.1) is 17.0 Å². The van der Waals surface area contributed by atoms with Crippen LogP contribution in [0.3, 0.4) is 0 Å². The van der Waals surface area contributed by atoms with Crippen LogP contribution >= 0.6 is 0 Å². The van der Waals surface area contributed by atoms with Gasteiger partial charge in [-0.05, 0) is 81.4 Å². The number of amides is 1. The van der Waals surface area contributed by atoms with E-state index in [1.807, 2.05) is 6.07 Å². The van der Waals surface area contributed by atoms with Crippen molar-refractivity contribution in [2.45, 2.75) is 81.7 Å². The Morgan fingerprint density at radius 1 is 1.14 bits per heavy atom. The van der Waals surface area contributed by atoms with Crippen molar-refractivity contribution < 1.29 is 26.9 Å². The fourth-order valence-corrected chi connectivity index (χ4v) is 7.04. The highest BCUT2D eigenvalue weighted by Gasteiger charge is 2.73. The van der Waals surface area contributed by atoms with Gasteiger partial charge in [0.2, 0.25) is 5.91 Å². The third kappa shape index (κ3) is 3.46. The summed E-state index contributed by atoms with van der Waals surface area (Å²) in [6, 6.07) is 5.83. The van der Waals surface area contributed by atoms with Crippen LogP contribution in [0.25, 0.3) is 0 Å². The van der Waals surface area contributed by atoms with Crippen molar-refractivity contribution in [3.63, 3.8) is 0 Å². The smallest absolute Gasteiger partial charge is 0.322 e. The fourth-order valence-electron chi connectivity index (χ4n) is 7.04. The first-order valence-electron chi connectivity index (χ1n) is 12.3. The minimum Gasteiger partial charge on any atom is -0.333 e. The molecule has 1 aromatic carbocycles. The number of aromatic nitrogens is 2. The lowest BCUT2D eigenvalue weighted by Crippen LogP contribution is -2.71. The minimum absolute atomic E-state index is 0.117. The Bertz CT molecular complexity index is 1250. The summed E-state index contributed by atoms with van der Waals surface area (Å²) in [6.07, 6.45) is 4.69. The molecule has 0 saturated heterocycles. The summed E-state index contributed by atoms with van der Waals surface area (Å²) in [4.78, 5) is 19.3. The molecule has 6 saturated carbocycles. The molecule has 10 heteroatoms. The Labute approximate surface area is 205 Å². The third-order valence-electron chi connectivity index (χ3n) is 9.16. The van der Waals surface area contributed by atoms with Crippen LogP contribution < -0.4 is 4.90 Å². The topological polar surface area (TPSA) is 83.0 Å². The van der Waals surface area contributed by atoms with Crippen molar-refractivity contribution in [1.29, 1.82) is 5.26 Å². The molecule has 1 amide bonds. The number of halogens is 4. The summed E-state index contributed by atoms with van der Waals surface area (Å²) in [5.74, 6) is -4.39. The van der Waals surface area contributed by atoms with Gasteiger partial charge in [0.15, 0.2) is 5.82 Å². The maximum absolute atomic E-state index is 14.4. The van der Waals surface area contributed by atoms with Gasteiger partial charge in [-0.1, -0.05) is 5.16 Å². The van der Waals surface area contributed by atoms with Crippen LogP contribution in [0.5, 0.6) is 0 Å². The maximum atomic E-state index is 14.4. The Morgan fingerprint density at radius 2 is 1.78 bits per heavy atom. The third-order valence-corrected chi connectivity index (χ3v) is 9.16. The second-order valence-electron chi connectivity index (χ2n) is 11.8. The number of hydrogen-bond donors (Lipinski definition) is 0. The first kappa shape index (κ1) is 23.4. The average molecular weight is 503 g/mol. The number of alkyl halides is 3. The molecule has 2 aromatic rings. The number of anilines is 1. The number of fused-ring (bicyclic) bond motifs is 3. The lowest BCUT2D eigenvalue weighted by atomic mass is 9.41. The zero-order valence-electron chi connectivity index (χ0n) is 19.9. The summed E-state index contributed by atoms with van der Waals surface area (Å²) >= 11 is 0. The standard InChI is InChI=1S/C26H26F4N4O2/c1-22(28,29)20-32-19(33-36-20)24-5-2-23(3-6-24,4-7-24)15-34(18-9-16(11-31)8-17(27)10-18)21(35)25-12-26(30,13-25)14-25/h8-10H,2-7,12-15H2,1H3. The number of benzene rings is 1. The zero-order valence-corrected chi connectivity index (χ0v) is 19.9. The largest absolute Gasteiger partial charge is 0.333 e. The van der Waals surface area contributed by atoms with Gasteiger partial charge in [-0.2, -0.15) is 19.0 Å². The molecule has 190 valence electrons. The van der Waals surface area contributed by atoms with Crippen LogP contribution in [0.2, 0.25) is 0 Å². The molecule has 1 aromatic heterocycles. The number of carbonyl (C=O) groups excluding carboxylic acids is 1. The predicted molar refractivity (Wildman–Crippen MR) is 119 cm³/mol. The van der Waals surface area contributed by atoms with Gasteiger partial charge in [0.1, 0.15) is 11.5 Å². The first-order chi connectivity index (χ1) is 16.9. The Morgan fingerprint density at radius 3 is 2.31 bits per heavy atom. The van der Waals surface area contributed by atoms with E-state index in [0.717, 1.165) is 13.0 Å². The fraction of sp³-hybridized carbons (Fsp3) is 0.615. The minimum atomic E-state index is -3.21. The van der Waals surface area contributed by atoms with E-state index >= 15 is 0 Å². The number of nitriles is 1. The molecule has 6 fully saturated rings. The van der Waals surface area contributed by atoms with Crippen molar-refractivity contribution in [2.24, 2.45) is 10.8 Å². The number of rotatable bonds is 6. The van der Waals surface area contributed by atoms with Crippen LogP contribution in [0.1, 0.15) is 82.0 Å². The molecule has 0 atom stereocenters. The van der Waals surface area contributed by atoms with E-state index in [9.17, 15) is 27.6 Å². The molecule has 0 spiro atoms. The highest BCUT2D eigenvalue weighted by atomic mass is 19.3. The Kier molecular flexibility index (Phi) is 4.75. The van der Waals surface area contributed by atoms with Gasteiger partial charge in [-0.15, -0.1) is 0 Å². The van der Waals surface area contributed by atoms with Crippen LogP contribution in [0.4, 0.5) is 23.2 Å². The molecule has 36 heavy (non-hydrogen) atoms. The van der Waals surface area contributed by atoms with Crippen molar-refractivity contribution in [1.82, 2.24) is 10.1 Å². The summed E-state index contributed by atoms with van der Waals surface area (Å²) < 4.78 is 60.8. The summed E-state index contributed by atoms with van der Waals surface area (Å²) in [6.45, 7) is 1.06. The Balaban J connectivity index is 1.26. The molecule has 4 bridgehead atoms. The van der Waals surface area contributed by atoms with Gasteiger partial charge in [0, 0.05) is 24.6 Å². The van der Waals surface area contributed by atoms with Gasteiger partial charge >= 0.3 is 5.92 Å². The average Bonchev–Trinajstić information content (AvgIpc) is 3.32. The molecule has 6 aliphatic rings. The molecule has 0 unspecified atom stereocenters. The van der Waals surface area contributed by atoms with E-state index in [1.165, 1.54) is 12.1 Å². The maximum Gasteiger partial charge on any atom is 0.322 e. The van der Waals surface area contributed by atoms with Gasteiger partial charge in [-0.3, -0.25) is 4.79 Å². The lowest BCUT2D eigenvalue weighted by molar-refractivity contribution is -0.211. The van der Waals surface area contributed by atoms with Gasteiger partial charge < -0.3 is 9.42 Å². The molecule has 6 aliphatic carbocycles. The van der Waals surface area contributed by atoms with Crippen molar-refractivity contribution >= 4 is 11.6 Å². The quantitative estimate of drug-likeness (QED) is 0.473. The molecular weight excluding hydrogens is 476 g/mol. The highest BCUT2D eigenvalue weighted by molar-refractivity contribution is 6.00. The summed E-state index contributed by atoms with van der Waals surface area (Å²) in [7, 11) is 0. The van der Waals surface area contributed by atoms with Crippen molar-refractivity contribution in [3.8, 4) is 6.07 Å². The van der Waals surface area contributed by atoms with Crippen LogP contribution in [0.15, 0.2) is 22.7 Å². The molecule has 1 heterocycles. The monoisotopic (exact) mass is 502 g/mol. The van der Waals surface area contributed by atoms with Crippen molar-refractivity contribution in [3.05, 3.63) is 41.3 Å². The number of hydrogen-bond acceptors (Lipinski definition) is 5. The van der Waals surface area contributed by atoms with E-state index < -0.39 is 34.1 Å². The van der Waals surface area contributed by atoms with Gasteiger partial charge in [-0.25, -0.2) is 8.78 Å². The van der Waals surface area contributed by atoms with E-state index in [4.69, 9.17) is 4.52 Å². The second-order valence-corrected chi connectivity index (χ2v) is 11.8. The molecule has 6 nitrogen and oxygen atoms in total. The van der Waals surface area contributed by atoms with Crippen molar-refractivity contribution in [2.75, 3.05) is 11.4 Å². The molecule has 0 radical (unpaired) electrons. The van der Waals surface area contributed by atoms with Crippen LogP contribution in [-0.4, -0.2) is 28.3 Å². The zero-order chi connectivity index (χ0) is 25.6. The van der Waals surface area contributed by atoms with E-state index in [-0.39, 0.29) is 36.1 Å². The summed E-state index contributed by atoms with van der Waals surface area (Å²) in [5, 5.41) is 13.2. The van der Waals surface area contributed by atoms with E-state index in [1.54, 1.807) is 4.90 Å². The van der Waals surface area contributed by atoms with E-state index in [2.05, 4.69) is 10.1 Å². The summed E-state index contributed by atoms with van der Waals surface area (Å²) in [5.41, 5.74) is -2.26. The SMILES string of the molecule is CC(F)(F)c1nc(C23CCC(CN(C(=O)C45CC(F)(C4)C5)c4cc(F)cc(C#N)c4)(CC2)CC3)no1. The molecule has 0 aliphatic heterocycles. The Hall–Kier alpha value is -2.96. The second kappa shape index (κ2) is 7.30. The normalized spacial score (nSPS) is 34.4. The number of nitrogens with zero attached hydrogens (tertiary/aromatic N) is 4. The van der Waals surface area contributed by atoms with E-state index in [0.29, 0.717) is 56.6 Å². The molecular formula is C26H26F4N4O2. The van der Waals surface area contributed by atoms with Crippen LogP contribution in [-0.2, 0) is 16.1 Å². The molecule has 8 rings (SSSR count).